The highest BCUT2D eigenvalue weighted by Gasteiger charge is 2.65. The van der Waals surface area contributed by atoms with Crippen molar-refractivity contribution in [3.8, 4) is 0 Å². The lowest BCUT2D eigenvalue weighted by atomic mass is 9.70. The molecule has 1 aliphatic carbocycles. The third-order valence-corrected chi connectivity index (χ3v) is 4.54. The zero-order valence-electron chi connectivity index (χ0n) is 19.1. The van der Waals surface area contributed by atoms with Gasteiger partial charge in [-0.2, -0.15) is 0 Å². The standard InChI is InChI=1S/C23H31NO7/c1-8-29-20(26)17(24(7)21(27)31-22(4,5)6)23(28)18(25)16(19(23)30-14(2)3)15-12-10-9-11-13-15/h9-14,17,28H,8H2,1-7H3/t17-,23-/m0/s1. The maximum absolute atomic E-state index is 13.3. The molecule has 1 aliphatic rings. The Bertz CT molecular complexity index is 870. The van der Waals surface area contributed by atoms with Crippen LogP contribution in [0, 0.1) is 0 Å². The van der Waals surface area contributed by atoms with E-state index in [2.05, 4.69) is 0 Å². The maximum Gasteiger partial charge on any atom is 0.410 e. The van der Waals surface area contributed by atoms with Gasteiger partial charge in [-0.15, -0.1) is 0 Å². The van der Waals surface area contributed by atoms with Gasteiger partial charge in [0.25, 0.3) is 0 Å². The summed E-state index contributed by atoms with van der Waals surface area (Å²) in [7, 11) is 1.27. The van der Waals surface area contributed by atoms with Crippen molar-refractivity contribution < 1.29 is 33.7 Å². The summed E-state index contributed by atoms with van der Waals surface area (Å²) in [5.41, 5.74) is -2.56. The molecule has 8 heteroatoms. The largest absolute Gasteiger partial charge is 0.491 e. The predicted octanol–water partition coefficient (Wildman–Crippen LogP) is 2.94. The van der Waals surface area contributed by atoms with Crippen LogP contribution in [0.15, 0.2) is 36.1 Å². The lowest BCUT2D eigenvalue weighted by Crippen LogP contribution is -2.67. The van der Waals surface area contributed by atoms with Crippen molar-refractivity contribution in [2.75, 3.05) is 13.7 Å². The average Bonchev–Trinajstić information content (AvgIpc) is 2.67. The topological polar surface area (TPSA) is 102 Å². The first-order chi connectivity index (χ1) is 14.3. The van der Waals surface area contributed by atoms with Crippen molar-refractivity contribution in [3.63, 3.8) is 0 Å². The van der Waals surface area contributed by atoms with Crippen LogP contribution < -0.4 is 0 Å². The van der Waals surface area contributed by atoms with Crippen LogP contribution in [-0.2, 0) is 23.8 Å². The molecule has 0 unspecified atom stereocenters. The van der Waals surface area contributed by atoms with E-state index < -0.39 is 41.2 Å². The van der Waals surface area contributed by atoms with E-state index in [1.54, 1.807) is 71.9 Å². The van der Waals surface area contributed by atoms with Gasteiger partial charge in [0.1, 0.15) is 5.60 Å². The van der Waals surface area contributed by atoms with Crippen LogP contribution in [0.1, 0.15) is 47.1 Å². The van der Waals surface area contributed by atoms with Gasteiger partial charge in [0.2, 0.25) is 11.4 Å². The number of ketones is 1. The van der Waals surface area contributed by atoms with E-state index in [0.29, 0.717) is 5.56 Å². The normalized spacial score (nSPS) is 19.6. The summed E-state index contributed by atoms with van der Waals surface area (Å²) >= 11 is 0. The van der Waals surface area contributed by atoms with Gasteiger partial charge in [-0.05, 0) is 47.1 Å². The summed E-state index contributed by atoms with van der Waals surface area (Å²) < 4.78 is 16.2. The lowest BCUT2D eigenvalue weighted by molar-refractivity contribution is -0.168. The summed E-state index contributed by atoms with van der Waals surface area (Å²) in [4.78, 5) is 39.7. The molecule has 0 heterocycles. The maximum atomic E-state index is 13.3. The van der Waals surface area contributed by atoms with Crippen molar-refractivity contribution in [2.45, 2.75) is 64.9 Å². The molecule has 1 aromatic rings. The number of aliphatic hydroxyl groups is 1. The third kappa shape index (κ3) is 4.90. The monoisotopic (exact) mass is 433 g/mol. The zero-order valence-corrected chi connectivity index (χ0v) is 19.1. The minimum Gasteiger partial charge on any atom is -0.491 e. The SMILES string of the molecule is CCOC(=O)[C@H](N(C)C(=O)OC(C)(C)C)[C@]1(O)C(=O)C(c2ccccc2)=C1OC(C)C. The molecule has 1 aromatic carbocycles. The number of hydrogen-bond acceptors (Lipinski definition) is 7. The minimum atomic E-state index is -2.41. The van der Waals surface area contributed by atoms with E-state index in [4.69, 9.17) is 14.2 Å². The number of likely N-dealkylation sites (N-methyl/N-ethyl adjacent to an activating group) is 1. The Morgan fingerprint density at radius 1 is 1.16 bits per heavy atom. The second-order valence-electron chi connectivity index (χ2n) is 8.58. The molecule has 0 fully saturated rings. The number of ether oxygens (including phenoxy) is 3. The van der Waals surface area contributed by atoms with Crippen LogP contribution in [0.5, 0.6) is 0 Å². The Hall–Kier alpha value is -2.87. The number of amides is 1. The summed E-state index contributed by atoms with van der Waals surface area (Å²) in [6.45, 7) is 10.1. The van der Waals surface area contributed by atoms with Crippen molar-refractivity contribution in [3.05, 3.63) is 41.7 Å². The molecule has 0 radical (unpaired) electrons. The van der Waals surface area contributed by atoms with E-state index in [9.17, 15) is 19.5 Å². The van der Waals surface area contributed by atoms with E-state index >= 15 is 0 Å². The molecular formula is C23H31NO7. The first kappa shape index (κ1) is 24.4. The fourth-order valence-corrected chi connectivity index (χ4v) is 3.29. The molecule has 0 spiro atoms. The number of rotatable bonds is 7. The molecule has 0 saturated heterocycles. The van der Waals surface area contributed by atoms with E-state index in [0.717, 1.165) is 4.90 Å². The molecule has 2 atom stereocenters. The summed E-state index contributed by atoms with van der Waals surface area (Å²) in [5.74, 6) is -1.75. The zero-order chi connectivity index (χ0) is 23.6. The minimum absolute atomic E-state index is 0.00259. The first-order valence-electron chi connectivity index (χ1n) is 10.2. The predicted molar refractivity (Wildman–Crippen MR) is 114 cm³/mol. The fraction of sp³-hybridized carbons (Fsp3) is 0.522. The molecule has 0 saturated carbocycles. The Balaban J connectivity index is 2.60. The molecule has 0 aromatic heterocycles. The van der Waals surface area contributed by atoms with Crippen LogP contribution >= 0.6 is 0 Å². The Labute approximate surface area is 182 Å². The summed E-state index contributed by atoms with van der Waals surface area (Å²) in [6, 6.07) is 7.00. The van der Waals surface area contributed by atoms with E-state index in [1.807, 2.05) is 0 Å². The van der Waals surface area contributed by atoms with Crippen LogP contribution in [0.25, 0.3) is 5.57 Å². The second kappa shape index (κ2) is 9.09. The summed E-state index contributed by atoms with van der Waals surface area (Å²) in [6.07, 6.45) is -1.29. The molecule has 0 aliphatic heterocycles. The van der Waals surface area contributed by atoms with E-state index in [1.165, 1.54) is 7.05 Å². The third-order valence-electron chi connectivity index (χ3n) is 4.54. The second-order valence-corrected chi connectivity index (χ2v) is 8.58. The van der Waals surface area contributed by atoms with Crippen molar-refractivity contribution >= 4 is 23.4 Å². The Kier molecular flexibility index (Phi) is 7.16. The molecule has 170 valence electrons. The van der Waals surface area contributed by atoms with Gasteiger partial charge in [0.15, 0.2) is 11.8 Å². The van der Waals surface area contributed by atoms with Crippen molar-refractivity contribution in [1.29, 1.82) is 0 Å². The fourth-order valence-electron chi connectivity index (χ4n) is 3.29. The lowest BCUT2D eigenvalue weighted by Gasteiger charge is -2.46. The van der Waals surface area contributed by atoms with E-state index in [-0.39, 0.29) is 17.9 Å². The first-order valence-corrected chi connectivity index (χ1v) is 10.2. The van der Waals surface area contributed by atoms with Crippen LogP contribution in [0.3, 0.4) is 0 Å². The van der Waals surface area contributed by atoms with Crippen molar-refractivity contribution in [1.82, 2.24) is 4.90 Å². The number of carbonyl (C=O) groups is 3. The molecule has 0 bridgehead atoms. The smallest absolute Gasteiger partial charge is 0.410 e. The molecular weight excluding hydrogens is 402 g/mol. The van der Waals surface area contributed by atoms with Crippen molar-refractivity contribution in [2.24, 2.45) is 0 Å². The number of Topliss-reactive ketones (excluding diaryl/α,β-unsaturated/α-hetero) is 1. The van der Waals surface area contributed by atoms with Crippen LogP contribution in [0.2, 0.25) is 0 Å². The van der Waals surface area contributed by atoms with Gasteiger partial charge in [-0.3, -0.25) is 9.69 Å². The average molecular weight is 434 g/mol. The Morgan fingerprint density at radius 2 is 1.74 bits per heavy atom. The van der Waals surface area contributed by atoms with Crippen LogP contribution in [-0.4, -0.2) is 64.9 Å². The van der Waals surface area contributed by atoms with Gasteiger partial charge in [-0.25, -0.2) is 9.59 Å². The highest BCUT2D eigenvalue weighted by molar-refractivity contribution is 6.35. The molecule has 8 nitrogen and oxygen atoms in total. The molecule has 1 N–H and O–H groups in total. The molecule has 31 heavy (non-hydrogen) atoms. The van der Waals surface area contributed by atoms with Gasteiger partial charge in [-0.1, -0.05) is 30.3 Å². The highest BCUT2D eigenvalue weighted by Crippen LogP contribution is 2.46. The van der Waals surface area contributed by atoms with Gasteiger partial charge >= 0.3 is 12.1 Å². The number of carbonyl (C=O) groups excluding carboxylic acids is 3. The number of hydrogen-bond donors (Lipinski definition) is 1. The van der Waals surface area contributed by atoms with Crippen LogP contribution in [0.4, 0.5) is 4.79 Å². The molecule has 2 rings (SSSR count). The number of benzene rings is 1. The summed E-state index contributed by atoms with van der Waals surface area (Å²) in [5, 5.41) is 11.5. The van der Waals surface area contributed by atoms with Gasteiger partial charge < -0.3 is 19.3 Å². The Morgan fingerprint density at radius 3 is 2.23 bits per heavy atom. The highest BCUT2D eigenvalue weighted by atomic mass is 16.6. The quantitative estimate of drug-likeness (QED) is 0.660. The number of nitrogens with zero attached hydrogens (tertiary/aromatic N) is 1. The van der Waals surface area contributed by atoms with Gasteiger partial charge in [0, 0.05) is 7.05 Å². The number of esters is 1. The van der Waals surface area contributed by atoms with Gasteiger partial charge in [0.05, 0.1) is 18.3 Å². The molecule has 1 amide bonds.